The van der Waals surface area contributed by atoms with Gasteiger partial charge in [-0.3, -0.25) is 4.98 Å². The van der Waals surface area contributed by atoms with Crippen LogP contribution in [0.15, 0.2) is 152 Å². The highest BCUT2D eigenvalue weighted by Gasteiger charge is 2.36. The van der Waals surface area contributed by atoms with Gasteiger partial charge in [0.15, 0.2) is 5.82 Å². The molecule has 5 aromatic carbocycles. The Balaban J connectivity index is 1.28. The SMILES string of the molecule is CC1(C)c2ccccc2-c2c(-c3cccc(-c4cc(-c5cccnc5)nc(-c5cccc(-c6ccccc6)c5)n4)c3)cccc21. The van der Waals surface area contributed by atoms with Gasteiger partial charge in [0.05, 0.1) is 11.4 Å². The monoisotopic (exact) mass is 577 g/mol. The lowest BCUT2D eigenvalue weighted by molar-refractivity contribution is 0.660. The van der Waals surface area contributed by atoms with Crippen LogP contribution in [0.2, 0.25) is 0 Å². The maximum Gasteiger partial charge on any atom is 0.160 e. The predicted octanol–water partition coefficient (Wildman–Crippen LogP) is 10.5. The molecule has 45 heavy (non-hydrogen) atoms. The number of fused-ring (bicyclic) bond motifs is 3. The minimum atomic E-state index is -0.0476. The molecule has 7 aromatic rings. The van der Waals surface area contributed by atoms with E-state index in [0.29, 0.717) is 5.82 Å². The fourth-order valence-corrected chi connectivity index (χ4v) is 6.70. The zero-order valence-electron chi connectivity index (χ0n) is 25.3. The Morgan fingerprint density at radius 2 is 1.04 bits per heavy atom. The summed E-state index contributed by atoms with van der Waals surface area (Å²) >= 11 is 0. The highest BCUT2D eigenvalue weighted by molar-refractivity contribution is 5.93. The molecule has 0 fully saturated rings. The van der Waals surface area contributed by atoms with Crippen LogP contribution >= 0.6 is 0 Å². The summed E-state index contributed by atoms with van der Waals surface area (Å²) in [6.45, 7) is 4.65. The molecule has 214 valence electrons. The van der Waals surface area contributed by atoms with Gasteiger partial charge in [-0.25, -0.2) is 9.97 Å². The first-order valence-corrected chi connectivity index (χ1v) is 15.4. The van der Waals surface area contributed by atoms with E-state index in [1.165, 1.54) is 33.4 Å². The van der Waals surface area contributed by atoms with E-state index in [1.807, 2.05) is 24.4 Å². The summed E-state index contributed by atoms with van der Waals surface area (Å²) in [5.41, 5.74) is 14.7. The minimum Gasteiger partial charge on any atom is -0.264 e. The standard InChI is InChI=1S/C42H31N3/c1-42(2)36-21-7-6-19-35(36)40-34(20-10-22-37(40)42)30-15-9-16-31(25-30)38-26-39(33-18-11-23-43-27-33)45-41(44-38)32-17-8-14-29(24-32)28-12-4-3-5-13-28/h3-27H,1-2H3. The molecule has 0 saturated carbocycles. The predicted molar refractivity (Wildman–Crippen MR) is 185 cm³/mol. The van der Waals surface area contributed by atoms with E-state index in [1.54, 1.807) is 6.20 Å². The lowest BCUT2D eigenvalue weighted by atomic mass is 9.82. The van der Waals surface area contributed by atoms with Crippen molar-refractivity contribution in [1.29, 1.82) is 0 Å². The fraction of sp³-hybridized carbons (Fsp3) is 0.0714. The van der Waals surface area contributed by atoms with Crippen LogP contribution in [-0.2, 0) is 5.41 Å². The average molecular weight is 578 g/mol. The van der Waals surface area contributed by atoms with E-state index in [-0.39, 0.29) is 5.41 Å². The number of benzene rings is 5. The van der Waals surface area contributed by atoms with Crippen LogP contribution in [0.4, 0.5) is 0 Å². The molecule has 0 bridgehead atoms. The lowest BCUT2D eigenvalue weighted by Gasteiger charge is -2.21. The number of pyridine rings is 1. The van der Waals surface area contributed by atoms with Crippen molar-refractivity contribution in [3.05, 3.63) is 163 Å². The molecule has 2 heterocycles. The van der Waals surface area contributed by atoms with Crippen molar-refractivity contribution < 1.29 is 0 Å². The zero-order valence-corrected chi connectivity index (χ0v) is 25.3. The number of hydrogen-bond donors (Lipinski definition) is 0. The maximum atomic E-state index is 5.17. The number of hydrogen-bond acceptors (Lipinski definition) is 3. The molecule has 0 spiro atoms. The molecule has 0 atom stereocenters. The highest BCUT2D eigenvalue weighted by atomic mass is 14.9. The normalized spacial score (nSPS) is 12.8. The molecule has 8 rings (SSSR count). The van der Waals surface area contributed by atoms with Crippen molar-refractivity contribution in [2.24, 2.45) is 0 Å². The quantitative estimate of drug-likeness (QED) is 0.204. The van der Waals surface area contributed by atoms with Gasteiger partial charge in [0, 0.05) is 34.5 Å². The van der Waals surface area contributed by atoms with Gasteiger partial charge in [-0.1, -0.05) is 123 Å². The topological polar surface area (TPSA) is 38.7 Å². The summed E-state index contributed by atoms with van der Waals surface area (Å²) in [6.07, 6.45) is 3.65. The first kappa shape index (κ1) is 26.9. The van der Waals surface area contributed by atoms with Gasteiger partial charge in [-0.2, -0.15) is 0 Å². The van der Waals surface area contributed by atoms with E-state index in [2.05, 4.69) is 140 Å². The molecule has 2 aromatic heterocycles. The van der Waals surface area contributed by atoms with Crippen molar-refractivity contribution in [2.45, 2.75) is 19.3 Å². The molecule has 0 amide bonds. The Labute approximate surface area is 264 Å². The molecule has 0 radical (unpaired) electrons. The molecule has 1 aliphatic rings. The third kappa shape index (κ3) is 4.74. The Hall–Kier alpha value is -5.67. The first-order valence-electron chi connectivity index (χ1n) is 15.4. The lowest BCUT2D eigenvalue weighted by Crippen LogP contribution is -2.14. The van der Waals surface area contributed by atoms with Crippen LogP contribution in [0.5, 0.6) is 0 Å². The van der Waals surface area contributed by atoms with Crippen molar-refractivity contribution in [1.82, 2.24) is 15.0 Å². The molecular weight excluding hydrogens is 546 g/mol. The Morgan fingerprint density at radius 1 is 0.444 bits per heavy atom. The van der Waals surface area contributed by atoms with Gasteiger partial charge in [-0.05, 0) is 74.8 Å². The van der Waals surface area contributed by atoms with Gasteiger partial charge in [-0.15, -0.1) is 0 Å². The van der Waals surface area contributed by atoms with Crippen molar-refractivity contribution in [3.8, 4) is 67.3 Å². The maximum absolute atomic E-state index is 5.17. The van der Waals surface area contributed by atoms with Gasteiger partial charge >= 0.3 is 0 Å². The van der Waals surface area contributed by atoms with Crippen LogP contribution in [0.25, 0.3) is 67.3 Å². The molecule has 3 nitrogen and oxygen atoms in total. The van der Waals surface area contributed by atoms with Crippen molar-refractivity contribution >= 4 is 0 Å². The Morgan fingerprint density at radius 3 is 1.87 bits per heavy atom. The summed E-state index contributed by atoms with van der Waals surface area (Å²) in [7, 11) is 0. The number of rotatable bonds is 5. The third-order valence-corrected chi connectivity index (χ3v) is 8.99. The third-order valence-electron chi connectivity index (χ3n) is 8.99. The van der Waals surface area contributed by atoms with Gasteiger partial charge in [0.1, 0.15) is 0 Å². The fourth-order valence-electron chi connectivity index (χ4n) is 6.70. The summed E-state index contributed by atoms with van der Waals surface area (Å²) in [5, 5.41) is 0. The van der Waals surface area contributed by atoms with Gasteiger partial charge in [0.2, 0.25) is 0 Å². The van der Waals surface area contributed by atoms with E-state index >= 15 is 0 Å². The largest absolute Gasteiger partial charge is 0.264 e. The second kappa shape index (κ2) is 10.8. The minimum absolute atomic E-state index is 0.0476. The summed E-state index contributed by atoms with van der Waals surface area (Å²) < 4.78 is 0. The molecular formula is C42H31N3. The summed E-state index contributed by atoms with van der Waals surface area (Å²) in [5.74, 6) is 0.686. The molecule has 0 unspecified atom stereocenters. The molecule has 0 N–H and O–H groups in total. The second-order valence-corrected chi connectivity index (χ2v) is 12.1. The van der Waals surface area contributed by atoms with Crippen LogP contribution in [0.1, 0.15) is 25.0 Å². The van der Waals surface area contributed by atoms with E-state index in [4.69, 9.17) is 9.97 Å². The van der Waals surface area contributed by atoms with Crippen LogP contribution in [0.3, 0.4) is 0 Å². The van der Waals surface area contributed by atoms with E-state index in [9.17, 15) is 0 Å². The average Bonchev–Trinajstić information content (AvgIpc) is 3.35. The molecule has 1 aliphatic carbocycles. The number of nitrogens with zero attached hydrogens (tertiary/aromatic N) is 3. The van der Waals surface area contributed by atoms with Crippen molar-refractivity contribution in [2.75, 3.05) is 0 Å². The van der Waals surface area contributed by atoms with Crippen LogP contribution < -0.4 is 0 Å². The second-order valence-electron chi connectivity index (χ2n) is 12.1. The smallest absolute Gasteiger partial charge is 0.160 e. The first-order chi connectivity index (χ1) is 22.1. The van der Waals surface area contributed by atoms with Gasteiger partial charge < -0.3 is 0 Å². The van der Waals surface area contributed by atoms with Crippen molar-refractivity contribution in [3.63, 3.8) is 0 Å². The van der Waals surface area contributed by atoms with Gasteiger partial charge in [0.25, 0.3) is 0 Å². The molecule has 0 saturated heterocycles. The molecule has 0 aliphatic heterocycles. The van der Waals surface area contributed by atoms with Crippen LogP contribution in [0, 0.1) is 0 Å². The van der Waals surface area contributed by atoms with E-state index in [0.717, 1.165) is 39.2 Å². The Bertz CT molecular complexity index is 2180. The van der Waals surface area contributed by atoms with E-state index < -0.39 is 0 Å². The van der Waals surface area contributed by atoms with Crippen LogP contribution in [-0.4, -0.2) is 15.0 Å². The summed E-state index contributed by atoms with van der Waals surface area (Å²) in [4.78, 5) is 14.6. The Kier molecular flexibility index (Phi) is 6.46. The summed E-state index contributed by atoms with van der Waals surface area (Å²) in [6, 6.07) is 49.3. The zero-order chi connectivity index (χ0) is 30.4. The molecule has 3 heteroatoms. The highest BCUT2D eigenvalue weighted by Crippen LogP contribution is 2.52. The number of aromatic nitrogens is 3.